The van der Waals surface area contributed by atoms with Crippen molar-refractivity contribution in [3.05, 3.63) is 52.6 Å². The van der Waals surface area contributed by atoms with E-state index in [1.807, 2.05) is 0 Å². The molecule has 0 aliphatic heterocycles. The number of nitrogens with one attached hydrogen (secondary N) is 2. The minimum atomic E-state index is -3.69. The number of aromatic nitrogens is 3. The molecule has 0 atom stereocenters. The summed E-state index contributed by atoms with van der Waals surface area (Å²) in [6.07, 6.45) is 0. The Kier molecular flexibility index (Phi) is 6.14. The van der Waals surface area contributed by atoms with E-state index in [0.717, 1.165) is 11.8 Å². The fourth-order valence-corrected chi connectivity index (χ4v) is 3.86. The van der Waals surface area contributed by atoms with Crippen molar-refractivity contribution in [1.82, 2.24) is 19.9 Å². The maximum Gasteiger partial charge on any atom is 0.313 e. The van der Waals surface area contributed by atoms with Crippen LogP contribution in [-0.4, -0.2) is 52.4 Å². The summed E-state index contributed by atoms with van der Waals surface area (Å²) in [6, 6.07) is 10.2. The Morgan fingerprint density at radius 2 is 1.93 bits per heavy atom. The van der Waals surface area contributed by atoms with Crippen LogP contribution in [0, 0.1) is 10.1 Å². The predicted octanol–water partition coefficient (Wildman–Crippen LogP) is 2.13. The van der Waals surface area contributed by atoms with Crippen LogP contribution in [-0.2, 0) is 14.8 Å². The van der Waals surface area contributed by atoms with Crippen LogP contribution in [0.25, 0.3) is 22.5 Å². The Balaban J connectivity index is 2.06. The molecule has 156 valence electrons. The number of carboxylic acids is 1. The lowest BCUT2D eigenvalue weighted by Gasteiger charge is -2.08. The van der Waals surface area contributed by atoms with Crippen molar-refractivity contribution in [2.75, 3.05) is 12.8 Å². The third-order valence-electron chi connectivity index (χ3n) is 3.95. The normalized spacial score (nSPS) is 11.4. The lowest BCUT2D eigenvalue weighted by Crippen LogP contribution is -2.18. The molecule has 2 aromatic carbocycles. The highest BCUT2D eigenvalue weighted by Gasteiger charge is 2.17. The number of aliphatic carboxylic acids is 1. The van der Waals surface area contributed by atoms with Crippen LogP contribution in [0.3, 0.4) is 0 Å². The molecule has 1 heterocycles. The number of rotatable bonds is 8. The van der Waals surface area contributed by atoms with Gasteiger partial charge < -0.3 is 10.1 Å². The van der Waals surface area contributed by atoms with Gasteiger partial charge in [-0.05, 0) is 36.4 Å². The summed E-state index contributed by atoms with van der Waals surface area (Å²) < 4.78 is 26.4. The van der Waals surface area contributed by atoms with E-state index < -0.39 is 20.9 Å². The number of hydrogen-bond donors (Lipinski definition) is 3. The van der Waals surface area contributed by atoms with Gasteiger partial charge in [0, 0.05) is 17.7 Å². The molecule has 30 heavy (non-hydrogen) atoms. The molecule has 0 unspecified atom stereocenters. The fraction of sp³-hybridized carbons (Fsp3) is 0.118. The molecule has 13 heteroatoms. The minimum absolute atomic E-state index is 0.0163. The van der Waals surface area contributed by atoms with Gasteiger partial charge in [0.15, 0.2) is 11.0 Å². The summed E-state index contributed by atoms with van der Waals surface area (Å²) in [7, 11) is -2.40. The van der Waals surface area contributed by atoms with Gasteiger partial charge in [0.25, 0.3) is 5.69 Å². The van der Waals surface area contributed by atoms with Gasteiger partial charge in [-0.25, -0.2) is 13.1 Å². The van der Waals surface area contributed by atoms with Crippen molar-refractivity contribution < 1.29 is 23.2 Å². The Hall–Kier alpha value is -3.29. The van der Waals surface area contributed by atoms with Crippen molar-refractivity contribution in [3.8, 4) is 22.5 Å². The first-order valence-corrected chi connectivity index (χ1v) is 10.8. The molecule has 0 radical (unpaired) electrons. The van der Waals surface area contributed by atoms with E-state index in [2.05, 4.69) is 19.9 Å². The first-order valence-electron chi connectivity index (χ1n) is 8.31. The zero-order chi connectivity index (χ0) is 21.9. The van der Waals surface area contributed by atoms with Gasteiger partial charge in [-0.1, -0.05) is 23.9 Å². The number of aromatic amines is 1. The van der Waals surface area contributed by atoms with Crippen molar-refractivity contribution in [2.24, 2.45) is 0 Å². The monoisotopic (exact) mass is 449 g/mol. The second-order valence-corrected chi connectivity index (χ2v) is 8.77. The van der Waals surface area contributed by atoms with Crippen LogP contribution >= 0.6 is 11.8 Å². The van der Waals surface area contributed by atoms with Gasteiger partial charge in [0.2, 0.25) is 10.0 Å². The van der Waals surface area contributed by atoms with Gasteiger partial charge in [0.05, 0.1) is 15.6 Å². The summed E-state index contributed by atoms with van der Waals surface area (Å²) in [4.78, 5) is 24.4. The fourth-order valence-electron chi connectivity index (χ4n) is 2.55. The summed E-state index contributed by atoms with van der Waals surface area (Å²) in [5.41, 5.74) is 0.982. The van der Waals surface area contributed by atoms with E-state index in [1.165, 1.54) is 37.4 Å². The Bertz CT molecular complexity index is 1220. The molecular weight excluding hydrogens is 434 g/mol. The number of non-ortho nitro benzene ring substituents is 1. The van der Waals surface area contributed by atoms with Crippen LogP contribution in [0.2, 0.25) is 0 Å². The largest absolute Gasteiger partial charge is 0.481 e. The smallest absolute Gasteiger partial charge is 0.313 e. The van der Waals surface area contributed by atoms with E-state index in [9.17, 15) is 23.3 Å². The second kappa shape index (κ2) is 8.61. The highest BCUT2D eigenvalue weighted by molar-refractivity contribution is 7.99. The topological polar surface area (TPSA) is 168 Å². The third kappa shape index (κ3) is 4.82. The van der Waals surface area contributed by atoms with E-state index in [4.69, 9.17) is 5.11 Å². The molecule has 0 fully saturated rings. The number of nitrogens with zero attached hydrogens (tertiary/aromatic N) is 3. The number of sulfonamides is 1. The van der Waals surface area contributed by atoms with Gasteiger partial charge in [0.1, 0.15) is 0 Å². The lowest BCUT2D eigenvalue weighted by molar-refractivity contribution is -0.384. The number of H-pyrrole nitrogens is 1. The molecule has 0 aliphatic carbocycles. The van der Waals surface area contributed by atoms with Gasteiger partial charge >= 0.3 is 5.97 Å². The average Bonchev–Trinajstić information content (AvgIpc) is 3.21. The van der Waals surface area contributed by atoms with Crippen LogP contribution in [0.15, 0.2) is 52.5 Å². The Morgan fingerprint density at radius 1 is 1.20 bits per heavy atom. The number of carboxylic acid groups (broad SMARTS) is 1. The molecule has 1 aromatic heterocycles. The Morgan fingerprint density at radius 3 is 2.60 bits per heavy atom. The highest BCUT2D eigenvalue weighted by atomic mass is 32.2. The summed E-state index contributed by atoms with van der Waals surface area (Å²) in [5, 5.41) is 28.2. The van der Waals surface area contributed by atoms with Gasteiger partial charge in [-0.2, -0.15) is 0 Å². The number of benzene rings is 2. The molecule has 0 amide bonds. The lowest BCUT2D eigenvalue weighted by atomic mass is 10.0. The number of nitro benzene ring substituents is 1. The molecule has 3 rings (SSSR count). The molecule has 3 N–H and O–H groups in total. The molecule has 11 nitrogen and oxygen atoms in total. The van der Waals surface area contributed by atoms with E-state index in [-0.39, 0.29) is 27.3 Å². The summed E-state index contributed by atoms with van der Waals surface area (Å²) in [5.74, 6) is -1.03. The van der Waals surface area contributed by atoms with E-state index >= 15 is 0 Å². The quantitative estimate of drug-likeness (QED) is 0.265. The van der Waals surface area contributed by atoms with E-state index in [1.54, 1.807) is 12.1 Å². The molecule has 0 aliphatic rings. The average molecular weight is 449 g/mol. The molecule has 0 bridgehead atoms. The first kappa shape index (κ1) is 21.4. The summed E-state index contributed by atoms with van der Waals surface area (Å²) in [6.45, 7) is 0. The van der Waals surface area contributed by atoms with Crippen molar-refractivity contribution in [3.63, 3.8) is 0 Å². The van der Waals surface area contributed by atoms with Crippen LogP contribution < -0.4 is 4.72 Å². The number of carbonyl (C=O) groups is 1. The number of thioether (sulfide) groups is 1. The predicted molar refractivity (Wildman–Crippen MR) is 109 cm³/mol. The SMILES string of the molecule is CNS(=O)(=O)c1cccc(-c2cc(-c3nnc(SCC(=O)O)[nH]3)cc([N+](=O)[O-])c2)c1. The van der Waals surface area contributed by atoms with E-state index in [0.29, 0.717) is 16.7 Å². The zero-order valence-electron chi connectivity index (χ0n) is 15.4. The van der Waals surface area contributed by atoms with Gasteiger partial charge in [-0.3, -0.25) is 14.9 Å². The second-order valence-electron chi connectivity index (χ2n) is 5.92. The van der Waals surface area contributed by atoms with Crippen molar-refractivity contribution >= 4 is 33.4 Å². The molecule has 3 aromatic rings. The molecular formula is C17H15N5O6S2. The first-order chi connectivity index (χ1) is 14.2. The molecule has 0 saturated carbocycles. The van der Waals surface area contributed by atoms with Crippen LogP contribution in [0.5, 0.6) is 0 Å². The maximum absolute atomic E-state index is 12.1. The zero-order valence-corrected chi connectivity index (χ0v) is 17.0. The van der Waals surface area contributed by atoms with Crippen molar-refractivity contribution in [2.45, 2.75) is 10.1 Å². The highest BCUT2D eigenvalue weighted by Crippen LogP contribution is 2.31. The standard InChI is InChI=1S/C17H15N5O6S2/c1-18-30(27,28)14-4-2-3-10(8-14)11-5-12(7-13(6-11)22(25)26)16-19-17(21-20-16)29-9-15(23)24/h2-8,18H,9H2,1H3,(H,23,24)(H,19,20,21). The maximum atomic E-state index is 12.1. The van der Waals surface area contributed by atoms with Crippen LogP contribution in [0.1, 0.15) is 0 Å². The van der Waals surface area contributed by atoms with Gasteiger partial charge in [-0.15, -0.1) is 10.2 Å². The number of hydrogen-bond acceptors (Lipinski definition) is 8. The van der Waals surface area contributed by atoms with Crippen molar-refractivity contribution in [1.29, 1.82) is 0 Å². The summed E-state index contributed by atoms with van der Waals surface area (Å²) >= 11 is 0.926. The minimum Gasteiger partial charge on any atom is -0.481 e. The number of nitro groups is 1. The third-order valence-corrected chi connectivity index (χ3v) is 6.21. The van der Waals surface area contributed by atoms with Crippen LogP contribution in [0.4, 0.5) is 5.69 Å². The molecule has 0 spiro atoms. The molecule has 0 saturated heterocycles. The Labute approximate surface area is 174 Å².